The first-order valence-corrected chi connectivity index (χ1v) is 7.41. The van der Waals surface area contributed by atoms with Crippen molar-refractivity contribution in [2.45, 2.75) is 40.0 Å². The summed E-state index contributed by atoms with van der Waals surface area (Å²) < 4.78 is 0. The number of benzene rings is 1. The molecule has 1 aromatic heterocycles. The van der Waals surface area contributed by atoms with Crippen molar-refractivity contribution in [1.29, 1.82) is 0 Å². The van der Waals surface area contributed by atoms with Crippen molar-refractivity contribution in [2.75, 3.05) is 11.9 Å². The Labute approximate surface area is 121 Å². The Kier molecular flexibility index (Phi) is 5.10. The van der Waals surface area contributed by atoms with Crippen LogP contribution >= 0.6 is 0 Å². The van der Waals surface area contributed by atoms with E-state index in [9.17, 15) is 0 Å². The SMILES string of the molecule is CCCNc1nc(C)cc(-c2cccc(CCC)c2)n1. The molecule has 3 nitrogen and oxygen atoms in total. The van der Waals surface area contributed by atoms with Crippen LogP contribution in [0.25, 0.3) is 11.3 Å². The zero-order valence-electron chi connectivity index (χ0n) is 12.6. The van der Waals surface area contributed by atoms with Crippen LogP contribution in [0.5, 0.6) is 0 Å². The lowest BCUT2D eigenvalue weighted by atomic mass is 10.0. The molecule has 0 atom stereocenters. The average molecular weight is 269 g/mol. The Balaban J connectivity index is 2.31. The summed E-state index contributed by atoms with van der Waals surface area (Å²) in [5, 5.41) is 3.26. The summed E-state index contributed by atoms with van der Waals surface area (Å²) in [5.74, 6) is 0.725. The average Bonchev–Trinajstić information content (AvgIpc) is 2.45. The third-order valence-corrected chi connectivity index (χ3v) is 3.15. The van der Waals surface area contributed by atoms with Crippen LogP contribution in [0.2, 0.25) is 0 Å². The van der Waals surface area contributed by atoms with Gasteiger partial charge in [-0.1, -0.05) is 38.5 Å². The van der Waals surface area contributed by atoms with Gasteiger partial charge in [0, 0.05) is 17.8 Å². The minimum absolute atomic E-state index is 0.725. The molecule has 0 fully saturated rings. The van der Waals surface area contributed by atoms with Crippen LogP contribution in [0.15, 0.2) is 30.3 Å². The van der Waals surface area contributed by atoms with Crippen molar-refractivity contribution >= 4 is 5.95 Å². The molecule has 0 bridgehead atoms. The first-order valence-electron chi connectivity index (χ1n) is 7.41. The van der Waals surface area contributed by atoms with Gasteiger partial charge in [-0.3, -0.25) is 0 Å². The molecule has 1 N–H and O–H groups in total. The second-order valence-corrected chi connectivity index (χ2v) is 5.10. The van der Waals surface area contributed by atoms with Crippen LogP contribution in [0.3, 0.4) is 0 Å². The number of nitrogens with zero attached hydrogens (tertiary/aromatic N) is 2. The molecule has 0 saturated heterocycles. The van der Waals surface area contributed by atoms with E-state index in [1.54, 1.807) is 0 Å². The molecule has 0 spiro atoms. The van der Waals surface area contributed by atoms with Gasteiger partial charge in [0.15, 0.2) is 0 Å². The van der Waals surface area contributed by atoms with Gasteiger partial charge in [0.1, 0.15) is 0 Å². The number of hydrogen-bond donors (Lipinski definition) is 1. The summed E-state index contributed by atoms with van der Waals surface area (Å²) in [5.41, 5.74) is 4.52. The molecule has 0 aliphatic rings. The van der Waals surface area contributed by atoms with Gasteiger partial charge in [-0.25, -0.2) is 9.97 Å². The van der Waals surface area contributed by atoms with Crippen molar-refractivity contribution in [3.8, 4) is 11.3 Å². The van der Waals surface area contributed by atoms with E-state index in [0.717, 1.165) is 43.1 Å². The van der Waals surface area contributed by atoms with Crippen LogP contribution in [0.4, 0.5) is 5.95 Å². The molecule has 0 radical (unpaired) electrons. The van der Waals surface area contributed by atoms with E-state index in [-0.39, 0.29) is 0 Å². The maximum Gasteiger partial charge on any atom is 0.223 e. The van der Waals surface area contributed by atoms with E-state index in [1.165, 1.54) is 11.1 Å². The predicted molar refractivity (Wildman–Crippen MR) is 85.0 cm³/mol. The molecule has 1 heterocycles. The Morgan fingerprint density at radius 1 is 1.05 bits per heavy atom. The molecule has 20 heavy (non-hydrogen) atoms. The van der Waals surface area contributed by atoms with Gasteiger partial charge in [-0.15, -0.1) is 0 Å². The van der Waals surface area contributed by atoms with E-state index >= 15 is 0 Å². The van der Waals surface area contributed by atoms with E-state index in [4.69, 9.17) is 0 Å². The van der Waals surface area contributed by atoms with Crippen LogP contribution in [-0.2, 0) is 6.42 Å². The molecule has 0 aliphatic heterocycles. The zero-order chi connectivity index (χ0) is 14.4. The molecule has 3 heteroatoms. The van der Waals surface area contributed by atoms with Crippen molar-refractivity contribution in [2.24, 2.45) is 0 Å². The fourth-order valence-corrected chi connectivity index (χ4v) is 2.21. The highest BCUT2D eigenvalue weighted by Crippen LogP contribution is 2.21. The number of aryl methyl sites for hydroxylation is 2. The van der Waals surface area contributed by atoms with Gasteiger partial charge < -0.3 is 5.32 Å². The van der Waals surface area contributed by atoms with Crippen molar-refractivity contribution < 1.29 is 0 Å². The van der Waals surface area contributed by atoms with Crippen LogP contribution < -0.4 is 5.32 Å². The third-order valence-electron chi connectivity index (χ3n) is 3.15. The molecule has 0 aliphatic carbocycles. The number of aromatic nitrogens is 2. The highest BCUT2D eigenvalue weighted by molar-refractivity contribution is 5.61. The lowest BCUT2D eigenvalue weighted by Crippen LogP contribution is -2.05. The van der Waals surface area contributed by atoms with Crippen molar-refractivity contribution in [3.05, 3.63) is 41.6 Å². The largest absolute Gasteiger partial charge is 0.354 e. The molecule has 2 rings (SSSR count). The number of rotatable bonds is 6. The highest BCUT2D eigenvalue weighted by Gasteiger charge is 2.05. The lowest BCUT2D eigenvalue weighted by Gasteiger charge is -2.08. The molecular weight excluding hydrogens is 246 g/mol. The van der Waals surface area contributed by atoms with Crippen molar-refractivity contribution in [3.63, 3.8) is 0 Å². The number of nitrogens with one attached hydrogen (secondary N) is 1. The van der Waals surface area contributed by atoms with E-state index in [1.807, 2.05) is 13.0 Å². The molecule has 106 valence electrons. The fraction of sp³-hybridized carbons (Fsp3) is 0.412. The van der Waals surface area contributed by atoms with Gasteiger partial charge in [0.05, 0.1) is 5.69 Å². The summed E-state index contributed by atoms with van der Waals surface area (Å²) >= 11 is 0. The molecule has 0 saturated carbocycles. The second kappa shape index (κ2) is 7.04. The molecule has 2 aromatic rings. The van der Waals surface area contributed by atoms with E-state index in [0.29, 0.717) is 0 Å². The van der Waals surface area contributed by atoms with E-state index in [2.05, 4.69) is 53.4 Å². The van der Waals surface area contributed by atoms with Crippen LogP contribution in [-0.4, -0.2) is 16.5 Å². The lowest BCUT2D eigenvalue weighted by molar-refractivity contribution is 0.921. The van der Waals surface area contributed by atoms with Crippen molar-refractivity contribution in [1.82, 2.24) is 9.97 Å². The van der Waals surface area contributed by atoms with Gasteiger partial charge in [0.2, 0.25) is 5.95 Å². The predicted octanol–water partition coefficient (Wildman–Crippen LogP) is 4.23. The Morgan fingerprint density at radius 3 is 2.65 bits per heavy atom. The molecule has 0 amide bonds. The Morgan fingerprint density at radius 2 is 1.90 bits per heavy atom. The summed E-state index contributed by atoms with van der Waals surface area (Å²) in [7, 11) is 0. The monoisotopic (exact) mass is 269 g/mol. The van der Waals surface area contributed by atoms with Gasteiger partial charge in [-0.2, -0.15) is 0 Å². The summed E-state index contributed by atoms with van der Waals surface area (Å²) in [6, 6.07) is 10.7. The first kappa shape index (κ1) is 14.5. The number of hydrogen-bond acceptors (Lipinski definition) is 3. The summed E-state index contributed by atoms with van der Waals surface area (Å²) in [6.07, 6.45) is 3.34. The van der Waals surface area contributed by atoms with E-state index < -0.39 is 0 Å². The quantitative estimate of drug-likeness (QED) is 0.853. The fourth-order valence-electron chi connectivity index (χ4n) is 2.21. The van der Waals surface area contributed by atoms with Gasteiger partial charge in [-0.05, 0) is 37.5 Å². The maximum atomic E-state index is 4.62. The first-order chi connectivity index (χ1) is 9.72. The minimum Gasteiger partial charge on any atom is -0.354 e. The summed E-state index contributed by atoms with van der Waals surface area (Å²) in [4.78, 5) is 9.05. The topological polar surface area (TPSA) is 37.8 Å². The minimum atomic E-state index is 0.725. The van der Waals surface area contributed by atoms with Crippen LogP contribution in [0, 0.1) is 6.92 Å². The van der Waals surface area contributed by atoms with Gasteiger partial charge >= 0.3 is 0 Å². The Bertz CT molecular complexity index is 564. The zero-order valence-corrected chi connectivity index (χ0v) is 12.6. The Hall–Kier alpha value is -1.90. The summed E-state index contributed by atoms with van der Waals surface area (Å²) in [6.45, 7) is 7.25. The maximum absolute atomic E-state index is 4.62. The third kappa shape index (κ3) is 3.80. The highest BCUT2D eigenvalue weighted by atomic mass is 15.1. The second-order valence-electron chi connectivity index (χ2n) is 5.10. The molecule has 0 unspecified atom stereocenters. The molecule has 1 aromatic carbocycles. The molecular formula is C17H23N3. The smallest absolute Gasteiger partial charge is 0.223 e. The number of anilines is 1. The standard InChI is InChI=1S/C17H23N3/c1-4-7-14-8-6-9-15(12-14)16-11-13(3)19-17(20-16)18-10-5-2/h6,8-9,11-12H,4-5,7,10H2,1-3H3,(H,18,19,20). The van der Waals surface area contributed by atoms with Gasteiger partial charge in [0.25, 0.3) is 0 Å². The van der Waals surface area contributed by atoms with Crippen LogP contribution in [0.1, 0.15) is 37.9 Å². The normalized spacial score (nSPS) is 10.6.